The number of unbranched alkanes of at least 4 members (excludes halogenated alkanes) is 22. The third-order valence-corrected chi connectivity index (χ3v) is 7.63. The highest BCUT2D eigenvalue weighted by Crippen LogP contribution is 2.23. The van der Waals surface area contributed by atoms with Gasteiger partial charge in [0.05, 0.1) is 0 Å². The third kappa shape index (κ3) is 26.3. The van der Waals surface area contributed by atoms with Crippen molar-refractivity contribution in [2.45, 2.75) is 201 Å². The Bertz CT molecular complexity index is 307. The van der Waals surface area contributed by atoms with Gasteiger partial charge in [-0.25, -0.2) is 0 Å². The van der Waals surface area contributed by atoms with Crippen LogP contribution in [-0.4, -0.2) is 0 Å². The van der Waals surface area contributed by atoms with Crippen LogP contribution in [0.5, 0.6) is 0 Å². The first-order valence-corrected chi connectivity index (χ1v) is 15.8. The first-order valence-electron chi connectivity index (χ1n) is 15.8. The standard InChI is InChI=1S/C32H66/c1-4-7-9-11-13-15-16-17-18-19-20-21-22-24-26-28-31-32(29-6-3)30-27-25-23-14-12-10-8-5-2/h32H,4-31H2,1-3H3. The highest BCUT2D eigenvalue weighted by molar-refractivity contribution is 4.61. The molecule has 0 aliphatic heterocycles. The Kier molecular flexibility index (Phi) is 29.0. The maximum atomic E-state index is 2.38. The summed E-state index contributed by atoms with van der Waals surface area (Å²) in [4.78, 5) is 0. The molecule has 0 N–H and O–H groups in total. The fourth-order valence-corrected chi connectivity index (χ4v) is 5.39. The van der Waals surface area contributed by atoms with Crippen LogP contribution in [0.1, 0.15) is 201 Å². The van der Waals surface area contributed by atoms with Crippen LogP contribution in [0.4, 0.5) is 0 Å². The maximum Gasteiger partial charge on any atom is -0.0414 e. The average molecular weight is 451 g/mol. The molecule has 0 bridgehead atoms. The van der Waals surface area contributed by atoms with Crippen LogP contribution in [0, 0.1) is 5.92 Å². The van der Waals surface area contributed by atoms with Gasteiger partial charge in [-0.15, -0.1) is 0 Å². The lowest BCUT2D eigenvalue weighted by atomic mass is 9.90. The summed E-state index contributed by atoms with van der Waals surface area (Å²) in [7, 11) is 0. The minimum Gasteiger partial charge on any atom is -0.0654 e. The molecular formula is C32H66. The highest BCUT2D eigenvalue weighted by atomic mass is 14.1. The summed E-state index contributed by atoms with van der Waals surface area (Å²) >= 11 is 0. The van der Waals surface area contributed by atoms with Crippen molar-refractivity contribution >= 4 is 0 Å². The zero-order chi connectivity index (χ0) is 23.4. The summed E-state index contributed by atoms with van der Waals surface area (Å²) in [6, 6.07) is 0. The fourth-order valence-electron chi connectivity index (χ4n) is 5.39. The van der Waals surface area contributed by atoms with Crippen LogP contribution in [0.2, 0.25) is 0 Å². The highest BCUT2D eigenvalue weighted by Gasteiger charge is 2.07. The zero-order valence-electron chi connectivity index (χ0n) is 23.4. The molecule has 0 amide bonds. The van der Waals surface area contributed by atoms with Crippen LogP contribution in [0.3, 0.4) is 0 Å². The Morgan fingerprint density at radius 1 is 0.250 bits per heavy atom. The lowest BCUT2D eigenvalue weighted by molar-refractivity contribution is 0.377. The third-order valence-electron chi connectivity index (χ3n) is 7.63. The molecule has 0 aromatic carbocycles. The van der Waals surface area contributed by atoms with E-state index in [1.165, 1.54) is 180 Å². The van der Waals surface area contributed by atoms with Crippen LogP contribution in [-0.2, 0) is 0 Å². The first-order chi connectivity index (χ1) is 15.8. The van der Waals surface area contributed by atoms with Crippen molar-refractivity contribution in [1.82, 2.24) is 0 Å². The van der Waals surface area contributed by atoms with Crippen molar-refractivity contribution in [2.75, 3.05) is 0 Å². The van der Waals surface area contributed by atoms with Crippen LogP contribution >= 0.6 is 0 Å². The van der Waals surface area contributed by atoms with Gasteiger partial charge in [0.15, 0.2) is 0 Å². The van der Waals surface area contributed by atoms with Crippen LogP contribution in [0.25, 0.3) is 0 Å². The van der Waals surface area contributed by atoms with E-state index in [0.717, 1.165) is 5.92 Å². The molecule has 194 valence electrons. The van der Waals surface area contributed by atoms with Gasteiger partial charge in [0.25, 0.3) is 0 Å². The smallest absolute Gasteiger partial charge is 0.0414 e. The topological polar surface area (TPSA) is 0 Å². The summed E-state index contributed by atoms with van der Waals surface area (Å²) in [6.45, 7) is 7.00. The molecule has 0 radical (unpaired) electrons. The zero-order valence-corrected chi connectivity index (χ0v) is 23.4. The molecule has 0 saturated carbocycles. The van der Waals surface area contributed by atoms with Crippen molar-refractivity contribution in [3.63, 3.8) is 0 Å². The Morgan fingerprint density at radius 3 is 0.750 bits per heavy atom. The van der Waals surface area contributed by atoms with Crippen LogP contribution in [0.15, 0.2) is 0 Å². The largest absolute Gasteiger partial charge is 0.0654 e. The summed E-state index contributed by atoms with van der Waals surface area (Å²) in [5.41, 5.74) is 0. The molecule has 0 aliphatic carbocycles. The van der Waals surface area contributed by atoms with Gasteiger partial charge in [-0.3, -0.25) is 0 Å². The summed E-state index contributed by atoms with van der Waals surface area (Å²) < 4.78 is 0. The fraction of sp³-hybridized carbons (Fsp3) is 1.00. The van der Waals surface area contributed by atoms with Crippen molar-refractivity contribution in [3.8, 4) is 0 Å². The Hall–Kier alpha value is 0. The first kappa shape index (κ1) is 32.0. The Labute approximate surface area is 206 Å². The Morgan fingerprint density at radius 2 is 0.500 bits per heavy atom. The van der Waals surface area contributed by atoms with E-state index < -0.39 is 0 Å². The SMILES string of the molecule is CCCCCCCCCCCCCCCCCCC(CCC)CCCCCCCCCC. The molecule has 0 fully saturated rings. The second kappa shape index (κ2) is 29.0. The predicted molar refractivity (Wildman–Crippen MR) is 150 cm³/mol. The van der Waals surface area contributed by atoms with Gasteiger partial charge in [-0.1, -0.05) is 201 Å². The summed E-state index contributed by atoms with van der Waals surface area (Å²) in [5, 5.41) is 0. The molecule has 1 atom stereocenters. The van der Waals surface area contributed by atoms with Crippen molar-refractivity contribution in [3.05, 3.63) is 0 Å². The molecule has 32 heavy (non-hydrogen) atoms. The van der Waals surface area contributed by atoms with Gasteiger partial charge in [-0.05, 0) is 5.92 Å². The van der Waals surface area contributed by atoms with E-state index in [1.54, 1.807) is 0 Å². The molecule has 0 aromatic heterocycles. The Balaban J connectivity index is 3.34. The second-order valence-electron chi connectivity index (χ2n) is 11.0. The molecule has 0 aromatic rings. The van der Waals surface area contributed by atoms with E-state index in [1.807, 2.05) is 0 Å². The predicted octanol–water partition coefficient (Wildman–Crippen LogP) is 12.6. The van der Waals surface area contributed by atoms with Crippen molar-refractivity contribution < 1.29 is 0 Å². The molecule has 0 saturated heterocycles. The second-order valence-corrected chi connectivity index (χ2v) is 11.0. The lowest BCUT2D eigenvalue weighted by Crippen LogP contribution is -2.00. The maximum absolute atomic E-state index is 2.38. The molecule has 0 nitrogen and oxygen atoms in total. The molecule has 0 heterocycles. The van der Waals surface area contributed by atoms with Gasteiger partial charge < -0.3 is 0 Å². The van der Waals surface area contributed by atoms with Gasteiger partial charge in [0.1, 0.15) is 0 Å². The molecule has 1 unspecified atom stereocenters. The molecule has 0 aliphatic rings. The van der Waals surface area contributed by atoms with Gasteiger partial charge >= 0.3 is 0 Å². The van der Waals surface area contributed by atoms with E-state index in [9.17, 15) is 0 Å². The number of rotatable bonds is 28. The van der Waals surface area contributed by atoms with Gasteiger partial charge in [-0.2, -0.15) is 0 Å². The van der Waals surface area contributed by atoms with Crippen LogP contribution < -0.4 is 0 Å². The normalized spacial score (nSPS) is 12.5. The van der Waals surface area contributed by atoms with E-state index >= 15 is 0 Å². The van der Waals surface area contributed by atoms with Gasteiger partial charge in [0.2, 0.25) is 0 Å². The van der Waals surface area contributed by atoms with Gasteiger partial charge in [0, 0.05) is 0 Å². The average Bonchev–Trinajstić information content (AvgIpc) is 2.80. The molecule has 0 spiro atoms. The number of hydrogen-bond donors (Lipinski definition) is 0. The summed E-state index contributed by atoms with van der Waals surface area (Å²) in [5.74, 6) is 1.03. The van der Waals surface area contributed by atoms with Crippen molar-refractivity contribution in [1.29, 1.82) is 0 Å². The monoisotopic (exact) mass is 451 g/mol. The van der Waals surface area contributed by atoms with E-state index in [2.05, 4.69) is 20.8 Å². The van der Waals surface area contributed by atoms with E-state index in [-0.39, 0.29) is 0 Å². The number of hydrogen-bond acceptors (Lipinski definition) is 0. The summed E-state index contributed by atoms with van der Waals surface area (Å²) in [6.07, 6.45) is 41.3. The molecular weight excluding hydrogens is 384 g/mol. The lowest BCUT2D eigenvalue weighted by Gasteiger charge is -2.16. The molecule has 0 rings (SSSR count). The minimum atomic E-state index is 1.03. The van der Waals surface area contributed by atoms with Crippen molar-refractivity contribution in [2.24, 2.45) is 5.92 Å². The van der Waals surface area contributed by atoms with E-state index in [4.69, 9.17) is 0 Å². The molecule has 0 heteroatoms. The van der Waals surface area contributed by atoms with E-state index in [0.29, 0.717) is 0 Å². The minimum absolute atomic E-state index is 1.03. The quantitative estimate of drug-likeness (QED) is 0.104.